The Hall–Kier alpha value is -4.27. The number of furan rings is 1. The van der Waals surface area contributed by atoms with Crippen LogP contribution < -0.4 is 10.6 Å². The van der Waals surface area contributed by atoms with E-state index in [1.807, 2.05) is 48.5 Å². The molecule has 0 radical (unpaired) electrons. The van der Waals surface area contributed by atoms with Crippen molar-refractivity contribution in [3.63, 3.8) is 0 Å². The number of nitrogens with one attached hydrogen (secondary N) is 2. The number of carbonyl (C=O) groups is 1. The fourth-order valence-electron chi connectivity index (χ4n) is 3.66. The van der Waals surface area contributed by atoms with Gasteiger partial charge in [-0.2, -0.15) is 4.80 Å². The van der Waals surface area contributed by atoms with Gasteiger partial charge in [0, 0.05) is 22.3 Å². The van der Waals surface area contributed by atoms with Crippen LogP contribution in [0.25, 0.3) is 34.1 Å². The van der Waals surface area contributed by atoms with Crippen molar-refractivity contribution in [3.8, 4) is 17.0 Å². The predicted octanol–water partition coefficient (Wildman–Crippen LogP) is 6.42. The average molecular weight is 528 g/mol. The van der Waals surface area contributed by atoms with E-state index in [2.05, 4.69) is 39.9 Å². The largest absolute Gasteiger partial charge is 0.457 e. The molecule has 0 fully saturated rings. The number of hydrogen-bond donors (Lipinski definition) is 2. The highest BCUT2D eigenvalue weighted by atomic mass is 35.5. The van der Waals surface area contributed by atoms with E-state index in [9.17, 15) is 4.79 Å². The van der Waals surface area contributed by atoms with Crippen molar-refractivity contribution in [2.45, 2.75) is 13.3 Å². The molecule has 2 aromatic heterocycles. The number of nitrogens with zero attached hydrogens (tertiary/aromatic N) is 3. The Morgan fingerprint density at radius 3 is 2.51 bits per heavy atom. The molecule has 37 heavy (non-hydrogen) atoms. The Bertz CT molecular complexity index is 1600. The van der Waals surface area contributed by atoms with Gasteiger partial charge in [0.2, 0.25) is 5.91 Å². The molecule has 0 unspecified atom stereocenters. The number of aryl methyl sites for hydroxylation is 1. The summed E-state index contributed by atoms with van der Waals surface area (Å²) in [6.45, 7) is 2.12. The number of aromatic nitrogens is 3. The normalized spacial score (nSPS) is 11.2. The Balaban J connectivity index is 1.19. The van der Waals surface area contributed by atoms with E-state index in [0.717, 1.165) is 23.2 Å². The van der Waals surface area contributed by atoms with Crippen LogP contribution in [0.1, 0.15) is 18.2 Å². The van der Waals surface area contributed by atoms with Gasteiger partial charge in [-0.15, -0.1) is 10.2 Å². The van der Waals surface area contributed by atoms with Gasteiger partial charge < -0.3 is 9.73 Å². The van der Waals surface area contributed by atoms with Gasteiger partial charge in [0.25, 0.3) is 0 Å². The second kappa shape index (κ2) is 10.8. The molecule has 7 nitrogen and oxygen atoms in total. The molecule has 3 aromatic carbocycles. The van der Waals surface area contributed by atoms with E-state index < -0.39 is 0 Å². The van der Waals surface area contributed by atoms with Crippen LogP contribution in [0.3, 0.4) is 0 Å². The first-order chi connectivity index (χ1) is 18.0. The van der Waals surface area contributed by atoms with Crippen molar-refractivity contribution < 1.29 is 9.21 Å². The molecule has 2 N–H and O–H groups in total. The molecule has 0 saturated heterocycles. The maximum absolute atomic E-state index is 12.3. The number of hydrogen-bond acceptors (Lipinski definition) is 5. The number of halogens is 1. The molecule has 0 aliphatic carbocycles. The monoisotopic (exact) mass is 527 g/mol. The van der Waals surface area contributed by atoms with Crippen LogP contribution in [0.2, 0.25) is 5.02 Å². The van der Waals surface area contributed by atoms with Gasteiger partial charge in [0.1, 0.15) is 22.6 Å². The molecule has 0 saturated carbocycles. The van der Waals surface area contributed by atoms with Gasteiger partial charge in [-0.25, -0.2) is 0 Å². The second-order valence-corrected chi connectivity index (χ2v) is 9.04. The van der Waals surface area contributed by atoms with Crippen molar-refractivity contribution >= 4 is 57.6 Å². The van der Waals surface area contributed by atoms with Crippen LogP contribution in [-0.4, -0.2) is 26.0 Å². The first-order valence-corrected chi connectivity index (χ1v) is 12.4. The predicted molar refractivity (Wildman–Crippen MR) is 151 cm³/mol. The molecule has 5 rings (SSSR count). The second-order valence-electron chi connectivity index (χ2n) is 8.20. The van der Waals surface area contributed by atoms with E-state index in [4.69, 9.17) is 28.2 Å². The third-order valence-corrected chi connectivity index (χ3v) is 6.06. The lowest BCUT2D eigenvalue weighted by atomic mass is 10.2. The van der Waals surface area contributed by atoms with Crippen molar-refractivity contribution in [2.24, 2.45) is 0 Å². The van der Waals surface area contributed by atoms with Gasteiger partial charge in [-0.1, -0.05) is 30.7 Å². The lowest BCUT2D eigenvalue weighted by Crippen LogP contribution is -2.32. The molecule has 0 aliphatic rings. The molecule has 0 atom stereocenters. The highest BCUT2D eigenvalue weighted by Crippen LogP contribution is 2.24. The molecular weight excluding hydrogens is 506 g/mol. The van der Waals surface area contributed by atoms with Crippen LogP contribution >= 0.6 is 23.8 Å². The standard InChI is InChI=1S/C28H22ClN5O2S/c1-2-18-3-10-22(11-4-18)34-32-24-14-9-21(17-25(24)33-34)30-28(37)31-27(35)16-13-23-12-15-26(36-23)19-5-7-20(29)8-6-19/h3-17H,2H2,1H3,(H2,30,31,35,37). The van der Waals surface area contributed by atoms with Crippen LogP contribution in [0.15, 0.2) is 89.4 Å². The summed E-state index contributed by atoms with van der Waals surface area (Å²) in [5.74, 6) is 0.834. The van der Waals surface area contributed by atoms with E-state index in [1.165, 1.54) is 11.6 Å². The summed E-state index contributed by atoms with van der Waals surface area (Å²) in [4.78, 5) is 13.9. The molecule has 2 heterocycles. The van der Waals surface area contributed by atoms with Gasteiger partial charge in [0.05, 0.1) is 5.69 Å². The first-order valence-electron chi connectivity index (χ1n) is 11.6. The molecule has 1 amide bonds. The SMILES string of the molecule is CCc1ccc(-n2nc3ccc(NC(=S)NC(=O)C=Cc4ccc(-c5ccc(Cl)cc5)o4)cc3n2)cc1. The average Bonchev–Trinajstić information content (AvgIpc) is 3.55. The molecular formula is C28H22ClN5O2S. The number of thiocarbonyl (C=S) groups is 1. The van der Waals surface area contributed by atoms with Gasteiger partial charge in [-0.05, 0) is 97.0 Å². The number of carbonyl (C=O) groups excluding carboxylic acids is 1. The zero-order valence-electron chi connectivity index (χ0n) is 19.8. The summed E-state index contributed by atoms with van der Waals surface area (Å²) in [7, 11) is 0. The lowest BCUT2D eigenvalue weighted by Gasteiger charge is -2.07. The number of fused-ring (bicyclic) bond motifs is 1. The molecule has 0 bridgehead atoms. The van der Waals surface area contributed by atoms with E-state index >= 15 is 0 Å². The number of anilines is 1. The highest BCUT2D eigenvalue weighted by molar-refractivity contribution is 7.80. The minimum Gasteiger partial charge on any atom is -0.457 e. The third-order valence-electron chi connectivity index (χ3n) is 5.60. The summed E-state index contributed by atoms with van der Waals surface area (Å²) in [6.07, 6.45) is 3.91. The summed E-state index contributed by atoms with van der Waals surface area (Å²) >= 11 is 11.2. The molecule has 184 valence electrons. The topological polar surface area (TPSA) is 85.0 Å². The van der Waals surface area contributed by atoms with Crippen LogP contribution in [0, 0.1) is 0 Å². The molecule has 0 aliphatic heterocycles. The Kier molecular flexibility index (Phi) is 7.11. The van der Waals surface area contributed by atoms with E-state index in [-0.39, 0.29) is 11.0 Å². The maximum Gasteiger partial charge on any atom is 0.250 e. The van der Waals surface area contributed by atoms with Crippen LogP contribution in [0.5, 0.6) is 0 Å². The summed E-state index contributed by atoms with van der Waals surface area (Å²) < 4.78 is 5.77. The highest BCUT2D eigenvalue weighted by Gasteiger charge is 2.08. The van der Waals surface area contributed by atoms with Crippen LogP contribution in [-0.2, 0) is 11.2 Å². The van der Waals surface area contributed by atoms with Crippen molar-refractivity contribution in [1.29, 1.82) is 0 Å². The fourth-order valence-corrected chi connectivity index (χ4v) is 4.00. The van der Waals surface area contributed by atoms with Gasteiger partial charge >= 0.3 is 0 Å². The smallest absolute Gasteiger partial charge is 0.250 e. The molecule has 9 heteroatoms. The summed E-state index contributed by atoms with van der Waals surface area (Å²) in [6, 6.07) is 24.6. The quantitative estimate of drug-likeness (QED) is 0.196. The number of rotatable bonds is 6. The third kappa shape index (κ3) is 5.94. The van der Waals surface area contributed by atoms with Crippen molar-refractivity contribution in [2.75, 3.05) is 5.32 Å². The van der Waals surface area contributed by atoms with Crippen molar-refractivity contribution in [3.05, 3.63) is 101 Å². The zero-order valence-corrected chi connectivity index (χ0v) is 21.4. The van der Waals surface area contributed by atoms with Crippen molar-refractivity contribution in [1.82, 2.24) is 20.3 Å². The summed E-state index contributed by atoms with van der Waals surface area (Å²) in [5, 5.41) is 15.6. The Morgan fingerprint density at radius 1 is 1.00 bits per heavy atom. The van der Waals surface area contributed by atoms with Gasteiger partial charge in [0.15, 0.2) is 5.11 Å². The lowest BCUT2D eigenvalue weighted by molar-refractivity contribution is -0.115. The Labute approximate surface area is 223 Å². The zero-order chi connectivity index (χ0) is 25.8. The van der Waals surface area contributed by atoms with Crippen LogP contribution in [0.4, 0.5) is 5.69 Å². The number of benzene rings is 3. The van der Waals surface area contributed by atoms with E-state index in [0.29, 0.717) is 27.7 Å². The summed E-state index contributed by atoms with van der Waals surface area (Å²) in [5.41, 5.74) is 5.17. The minimum absolute atomic E-state index is 0.165. The first kappa shape index (κ1) is 24.4. The van der Waals surface area contributed by atoms with Gasteiger partial charge in [-0.3, -0.25) is 10.1 Å². The fraction of sp³-hybridized carbons (Fsp3) is 0.0714. The minimum atomic E-state index is -0.385. The Morgan fingerprint density at radius 2 is 1.76 bits per heavy atom. The molecule has 0 spiro atoms. The maximum atomic E-state index is 12.3. The molecule has 5 aromatic rings. The van der Waals surface area contributed by atoms with E-state index in [1.54, 1.807) is 29.1 Å². The number of amides is 1.